The van der Waals surface area contributed by atoms with Crippen LogP contribution in [0.2, 0.25) is 5.02 Å². The number of carbonyl (C=O) groups excluding carboxylic acids is 1. The molecule has 132 valence electrons. The predicted octanol–water partition coefficient (Wildman–Crippen LogP) is 4.09. The van der Waals surface area contributed by atoms with E-state index in [1.54, 1.807) is 0 Å². The summed E-state index contributed by atoms with van der Waals surface area (Å²) in [6, 6.07) is 8.48. The van der Waals surface area contributed by atoms with Gasteiger partial charge in [-0.15, -0.1) is 0 Å². The van der Waals surface area contributed by atoms with Gasteiger partial charge < -0.3 is 4.90 Å². The molecule has 1 atom stereocenters. The molecule has 0 spiro atoms. The van der Waals surface area contributed by atoms with Gasteiger partial charge in [0.25, 0.3) is 0 Å². The lowest BCUT2D eigenvalue weighted by molar-refractivity contribution is -0.136. The molecule has 24 heavy (non-hydrogen) atoms. The Morgan fingerprint density at radius 2 is 2.00 bits per heavy atom. The summed E-state index contributed by atoms with van der Waals surface area (Å²) in [4.78, 5) is 18.1. The molecule has 2 fully saturated rings. The highest BCUT2D eigenvalue weighted by Gasteiger charge is 2.46. The quantitative estimate of drug-likeness (QED) is 0.800. The maximum absolute atomic E-state index is 13.5. The first kappa shape index (κ1) is 17.8. The summed E-state index contributed by atoms with van der Waals surface area (Å²) in [5, 5.41) is 0.731. The largest absolute Gasteiger partial charge is 0.340 e. The topological polar surface area (TPSA) is 23.6 Å². The van der Waals surface area contributed by atoms with Crippen LogP contribution in [-0.2, 0) is 10.2 Å². The highest BCUT2D eigenvalue weighted by Crippen LogP contribution is 2.43. The minimum Gasteiger partial charge on any atom is -0.340 e. The third kappa shape index (κ3) is 3.21. The minimum absolute atomic E-state index is 0.330. The zero-order valence-corrected chi connectivity index (χ0v) is 15.7. The molecule has 0 unspecified atom stereocenters. The number of nitrogens with zero attached hydrogens (tertiary/aromatic N) is 2. The zero-order valence-electron chi connectivity index (χ0n) is 14.9. The van der Waals surface area contributed by atoms with Crippen molar-refractivity contribution >= 4 is 17.5 Å². The molecule has 0 bridgehead atoms. The van der Waals surface area contributed by atoms with Gasteiger partial charge in [0, 0.05) is 24.2 Å². The number of likely N-dealkylation sites (tertiary alicyclic amines) is 1. The lowest BCUT2D eigenvalue weighted by Gasteiger charge is -2.34. The molecule has 0 radical (unpaired) electrons. The van der Waals surface area contributed by atoms with Crippen LogP contribution in [0.3, 0.4) is 0 Å². The summed E-state index contributed by atoms with van der Waals surface area (Å²) in [5.74, 6) is 0.330. The van der Waals surface area contributed by atoms with E-state index in [0.717, 1.165) is 68.9 Å². The van der Waals surface area contributed by atoms with Gasteiger partial charge in [0.2, 0.25) is 5.91 Å². The zero-order chi connectivity index (χ0) is 17.2. The Hall–Kier alpha value is -1.06. The summed E-state index contributed by atoms with van der Waals surface area (Å²) < 4.78 is 0. The molecular formula is C20H29ClN2O. The predicted molar refractivity (Wildman–Crippen MR) is 99.5 cm³/mol. The van der Waals surface area contributed by atoms with Crippen molar-refractivity contribution in [2.45, 2.75) is 57.4 Å². The second-order valence-corrected chi connectivity index (χ2v) is 7.65. The first-order valence-corrected chi connectivity index (χ1v) is 9.78. The fraction of sp³-hybridized carbons (Fsp3) is 0.650. The van der Waals surface area contributed by atoms with Crippen molar-refractivity contribution in [3.05, 3.63) is 34.9 Å². The third-order valence-corrected chi connectivity index (χ3v) is 6.26. The monoisotopic (exact) mass is 348 g/mol. The van der Waals surface area contributed by atoms with Gasteiger partial charge in [-0.3, -0.25) is 9.69 Å². The van der Waals surface area contributed by atoms with Crippen molar-refractivity contribution in [3.63, 3.8) is 0 Å². The summed E-state index contributed by atoms with van der Waals surface area (Å²) >= 11 is 6.22. The molecule has 0 N–H and O–H groups in total. The van der Waals surface area contributed by atoms with E-state index in [4.69, 9.17) is 11.6 Å². The van der Waals surface area contributed by atoms with Crippen molar-refractivity contribution in [1.82, 2.24) is 9.80 Å². The molecule has 1 aliphatic carbocycles. The van der Waals surface area contributed by atoms with Crippen molar-refractivity contribution in [2.75, 3.05) is 26.2 Å². The number of amides is 1. The second-order valence-electron chi connectivity index (χ2n) is 7.21. The molecule has 4 heteroatoms. The van der Waals surface area contributed by atoms with Crippen LogP contribution >= 0.6 is 11.6 Å². The number of hydrogen-bond donors (Lipinski definition) is 0. The minimum atomic E-state index is -0.344. The maximum atomic E-state index is 13.5. The summed E-state index contributed by atoms with van der Waals surface area (Å²) in [6.45, 7) is 8.30. The lowest BCUT2D eigenvalue weighted by atomic mass is 9.77. The fourth-order valence-corrected chi connectivity index (χ4v) is 4.85. The molecule has 1 heterocycles. The van der Waals surface area contributed by atoms with Crippen molar-refractivity contribution in [2.24, 2.45) is 0 Å². The fourth-order valence-electron chi connectivity index (χ4n) is 4.66. The normalized spacial score (nSPS) is 23.2. The molecule has 1 aromatic rings. The van der Waals surface area contributed by atoms with Crippen molar-refractivity contribution < 1.29 is 4.79 Å². The van der Waals surface area contributed by atoms with Gasteiger partial charge in [-0.25, -0.2) is 0 Å². The number of hydrogen-bond acceptors (Lipinski definition) is 2. The van der Waals surface area contributed by atoms with Crippen molar-refractivity contribution in [1.29, 1.82) is 0 Å². The molecule has 1 aromatic carbocycles. The van der Waals surface area contributed by atoms with E-state index in [1.807, 2.05) is 18.2 Å². The highest BCUT2D eigenvalue weighted by molar-refractivity contribution is 6.30. The molecule has 1 saturated heterocycles. The Morgan fingerprint density at radius 1 is 1.29 bits per heavy atom. The number of rotatable bonds is 5. The van der Waals surface area contributed by atoms with Gasteiger partial charge in [-0.2, -0.15) is 0 Å². The number of likely N-dealkylation sites (N-methyl/N-ethyl adjacent to an activating group) is 1. The molecule has 3 rings (SSSR count). The van der Waals surface area contributed by atoms with E-state index in [2.05, 4.69) is 29.7 Å². The van der Waals surface area contributed by atoms with Gasteiger partial charge in [-0.05, 0) is 50.0 Å². The van der Waals surface area contributed by atoms with Crippen LogP contribution in [0.4, 0.5) is 0 Å². The highest BCUT2D eigenvalue weighted by atomic mass is 35.5. The molecule has 2 aliphatic rings. The Bertz CT molecular complexity index is 579. The lowest BCUT2D eigenvalue weighted by Crippen LogP contribution is -2.46. The van der Waals surface area contributed by atoms with Crippen molar-refractivity contribution in [3.8, 4) is 0 Å². The Balaban J connectivity index is 1.81. The summed E-state index contributed by atoms with van der Waals surface area (Å²) in [5.41, 5.74) is 0.770. The SMILES string of the molecule is CCN(CC)[C@H]1CCN(C(=O)C2(c3cccc(Cl)c3)CCCC2)C1. The van der Waals surface area contributed by atoms with E-state index in [1.165, 1.54) is 0 Å². The molecular weight excluding hydrogens is 320 g/mol. The average molecular weight is 349 g/mol. The van der Waals surface area contributed by atoms with Crippen LogP contribution in [-0.4, -0.2) is 47.9 Å². The molecule has 0 aromatic heterocycles. The Kier molecular flexibility index (Phi) is 5.51. The van der Waals surface area contributed by atoms with Crippen LogP contribution in [0.15, 0.2) is 24.3 Å². The Morgan fingerprint density at radius 3 is 2.62 bits per heavy atom. The van der Waals surface area contributed by atoms with Gasteiger partial charge in [0.05, 0.1) is 5.41 Å². The number of halogens is 1. The van der Waals surface area contributed by atoms with Crippen LogP contribution in [0.25, 0.3) is 0 Å². The van der Waals surface area contributed by atoms with Crippen LogP contribution in [0.1, 0.15) is 51.5 Å². The van der Waals surface area contributed by atoms with E-state index in [-0.39, 0.29) is 5.41 Å². The van der Waals surface area contributed by atoms with E-state index in [0.29, 0.717) is 11.9 Å². The first-order valence-electron chi connectivity index (χ1n) is 9.40. The van der Waals surface area contributed by atoms with Gasteiger partial charge in [0.15, 0.2) is 0 Å². The van der Waals surface area contributed by atoms with Crippen LogP contribution < -0.4 is 0 Å². The van der Waals surface area contributed by atoms with E-state index >= 15 is 0 Å². The Labute approximate surface area is 151 Å². The molecule has 1 aliphatic heterocycles. The number of carbonyl (C=O) groups is 1. The third-order valence-electron chi connectivity index (χ3n) is 6.02. The standard InChI is InChI=1S/C20H29ClN2O/c1-3-22(4-2)18-10-13-23(15-18)19(24)20(11-5-6-12-20)16-8-7-9-17(21)14-16/h7-9,14,18H,3-6,10-13,15H2,1-2H3/t18-/m0/s1. The first-order chi connectivity index (χ1) is 11.6. The van der Waals surface area contributed by atoms with Gasteiger partial charge >= 0.3 is 0 Å². The molecule has 1 saturated carbocycles. The maximum Gasteiger partial charge on any atom is 0.233 e. The number of benzene rings is 1. The van der Waals surface area contributed by atoms with Crippen LogP contribution in [0, 0.1) is 0 Å². The average Bonchev–Trinajstić information content (AvgIpc) is 3.26. The summed E-state index contributed by atoms with van der Waals surface area (Å²) in [6.07, 6.45) is 5.27. The van der Waals surface area contributed by atoms with E-state index < -0.39 is 0 Å². The molecule has 1 amide bonds. The smallest absolute Gasteiger partial charge is 0.233 e. The van der Waals surface area contributed by atoms with Gasteiger partial charge in [-0.1, -0.05) is 50.4 Å². The van der Waals surface area contributed by atoms with Gasteiger partial charge in [0.1, 0.15) is 0 Å². The van der Waals surface area contributed by atoms with Crippen LogP contribution in [0.5, 0.6) is 0 Å². The van der Waals surface area contributed by atoms with E-state index in [9.17, 15) is 4.79 Å². The molecule has 3 nitrogen and oxygen atoms in total. The second kappa shape index (κ2) is 7.45. The summed E-state index contributed by atoms with van der Waals surface area (Å²) in [7, 11) is 0.